The van der Waals surface area contributed by atoms with Gasteiger partial charge in [0.2, 0.25) is 0 Å². The van der Waals surface area contributed by atoms with Gasteiger partial charge in [0.1, 0.15) is 5.60 Å². The Morgan fingerprint density at radius 3 is 2.26 bits per heavy atom. The molecule has 0 saturated heterocycles. The molecule has 0 fully saturated rings. The second-order valence-corrected chi connectivity index (χ2v) is 6.42. The van der Waals surface area contributed by atoms with Gasteiger partial charge in [-0.15, -0.1) is 0 Å². The lowest BCUT2D eigenvalue weighted by molar-refractivity contribution is 0.0507. The van der Waals surface area contributed by atoms with E-state index in [-0.39, 0.29) is 11.6 Å². The van der Waals surface area contributed by atoms with Crippen LogP contribution in [0.1, 0.15) is 49.7 Å². The van der Waals surface area contributed by atoms with Crippen molar-refractivity contribution in [2.45, 2.75) is 39.3 Å². The van der Waals surface area contributed by atoms with Crippen LogP contribution in [0.15, 0.2) is 36.4 Å². The number of alkyl carbamates (subject to hydrolysis) is 1. The number of ether oxygens (including phenoxy) is 1. The summed E-state index contributed by atoms with van der Waals surface area (Å²) in [6.07, 6.45) is -0.503. The third kappa shape index (κ3) is 4.00. The maximum atomic E-state index is 11.9. The van der Waals surface area contributed by atoms with E-state index in [9.17, 15) is 14.7 Å². The molecule has 2 rings (SSSR count). The van der Waals surface area contributed by atoms with E-state index in [1.165, 1.54) is 0 Å². The van der Waals surface area contributed by atoms with Gasteiger partial charge in [-0.2, -0.15) is 0 Å². The first-order chi connectivity index (χ1) is 10.7. The Labute approximate surface area is 135 Å². The molecule has 1 unspecified atom stereocenters. The Bertz CT molecular complexity index is 746. The number of hydrogen-bond donors (Lipinski definition) is 2. The van der Waals surface area contributed by atoms with E-state index in [1.807, 2.05) is 19.1 Å². The number of fused-ring (bicyclic) bond motifs is 1. The summed E-state index contributed by atoms with van der Waals surface area (Å²) in [7, 11) is 0. The lowest BCUT2D eigenvalue weighted by atomic mass is 9.96. The Morgan fingerprint density at radius 1 is 1.09 bits per heavy atom. The molecule has 0 aliphatic heterocycles. The number of carbonyl (C=O) groups excluding carboxylic acids is 1. The van der Waals surface area contributed by atoms with Gasteiger partial charge in [-0.1, -0.05) is 30.3 Å². The lowest BCUT2D eigenvalue weighted by Gasteiger charge is -2.23. The molecular weight excluding hydrogens is 294 g/mol. The van der Waals surface area contributed by atoms with Crippen LogP contribution in [0, 0.1) is 0 Å². The van der Waals surface area contributed by atoms with Gasteiger partial charge < -0.3 is 15.2 Å². The highest BCUT2D eigenvalue weighted by Gasteiger charge is 2.20. The number of carbonyl (C=O) groups is 2. The molecule has 0 spiro atoms. The standard InChI is InChI=1S/C18H21NO4/c1-11(19-17(22)23-18(2,3)4)12-9-10-15(16(20)21)14-8-6-5-7-13(12)14/h5-11H,1-4H3,(H,19,22)(H,20,21). The van der Waals surface area contributed by atoms with Crippen LogP contribution in [-0.2, 0) is 4.74 Å². The van der Waals surface area contributed by atoms with Gasteiger partial charge in [0.25, 0.3) is 0 Å². The van der Waals surface area contributed by atoms with Crippen LogP contribution in [0.5, 0.6) is 0 Å². The van der Waals surface area contributed by atoms with E-state index in [0.717, 1.165) is 10.9 Å². The fourth-order valence-electron chi connectivity index (χ4n) is 2.45. The number of aromatic carboxylic acids is 1. The summed E-state index contributed by atoms with van der Waals surface area (Å²) in [5, 5.41) is 13.5. The number of hydrogen-bond acceptors (Lipinski definition) is 3. The topological polar surface area (TPSA) is 75.6 Å². The predicted octanol–water partition coefficient (Wildman–Crippen LogP) is 4.12. The minimum Gasteiger partial charge on any atom is -0.478 e. The quantitative estimate of drug-likeness (QED) is 0.893. The molecule has 0 bridgehead atoms. The van der Waals surface area contributed by atoms with Crippen molar-refractivity contribution in [3.05, 3.63) is 47.5 Å². The minimum absolute atomic E-state index is 0.244. The van der Waals surface area contributed by atoms with Crippen LogP contribution in [0.4, 0.5) is 4.79 Å². The average Bonchev–Trinajstić information content (AvgIpc) is 2.43. The maximum Gasteiger partial charge on any atom is 0.408 e. The van der Waals surface area contributed by atoms with Crippen molar-refractivity contribution < 1.29 is 19.4 Å². The molecule has 5 nitrogen and oxygen atoms in total. The van der Waals surface area contributed by atoms with Crippen LogP contribution in [-0.4, -0.2) is 22.8 Å². The first kappa shape index (κ1) is 16.8. The highest BCUT2D eigenvalue weighted by molar-refractivity contribution is 6.04. The number of amides is 1. The van der Waals surface area contributed by atoms with Gasteiger partial charge in [0.05, 0.1) is 11.6 Å². The van der Waals surface area contributed by atoms with Crippen molar-refractivity contribution in [2.75, 3.05) is 0 Å². The second kappa shape index (κ2) is 6.28. The molecule has 2 N–H and O–H groups in total. The predicted molar refractivity (Wildman–Crippen MR) is 88.7 cm³/mol. The van der Waals surface area contributed by atoms with Gasteiger partial charge in [0, 0.05) is 0 Å². The minimum atomic E-state index is -0.972. The van der Waals surface area contributed by atoms with Gasteiger partial charge in [-0.25, -0.2) is 9.59 Å². The molecular formula is C18H21NO4. The number of carboxylic acids is 1. The Balaban J connectivity index is 2.35. The van der Waals surface area contributed by atoms with E-state index < -0.39 is 17.7 Å². The van der Waals surface area contributed by atoms with E-state index in [1.54, 1.807) is 45.0 Å². The van der Waals surface area contributed by atoms with Gasteiger partial charge in [-0.3, -0.25) is 0 Å². The lowest BCUT2D eigenvalue weighted by Crippen LogP contribution is -2.34. The molecule has 1 atom stereocenters. The molecule has 0 saturated carbocycles. The van der Waals surface area contributed by atoms with Crippen LogP contribution in [0.25, 0.3) is 10.8 Å². The largest absolute Gasteiger partial charge is 0.478 e. The third-order valence-corrected chi connectivity index (χ3v) is 3.39. The van der Waals surface area contributed by atoms with Crippen molar-refractivity contribution in [2.24, 2.45) is 0 Å². The summed E-state index contributed by atoms with van der Waals surface area (Å²) in [6.45, 7) is 7.24. The molecule has 0 aromatic heterocycles. The van der Waals surface area contributed by atoms with Crippen molar-refractivity contribution in [3.8, 4) is 0 Å². The Hall–Kier alpha value is -2.56. The van der Waals surface area contributed by atoms with Crippen LogP contribution in [0.3, 0.4) is 0 Å². The average molecular weight is 315 g/mol. The molecule has 0 radical (unpaired) electrons. The molecule has 0 aliphatic carbocycles. The van der Waals surface area contributed by atoms with E-state index in [0.29, 0.717) is 5.39 Å². The third-order valence-electron chi connectivity index (χ3n) is 3.39. The first-order valence-electron chi connectivity index (χ1n) is 7.43. The normalized spacial score (nSPS) is 12.7. The molecule has 2 aromatic rings. The second-order valence-electron chi connectivity index (χ2n) is 6.42. The Kier molecular flexibility index (Phi) is 4.59. The molecule has 23 heavy (non-hydrogen) atoms. The zero-order chi connectivity index (χ0) is 17.2. The van der Waals surface area contributed by atoms with Crippen molar-refractivity contribution >= 4 is 22.8 Å². The van der Waals surface area contributed by atoms with Crippen LogP contribution < -0.4 is 5.32 Å². The number of rotatable bonds is 3. The maximum absolute atomic E-state index is 11.9. The van der Waals surface area contributed by atoms with Crippen LogP contribution >= 0.6 is 0 Å². The highest BCUT2D eigenvalue weighted by atomic mass is 16.6. The van der Waals surface area contributed by atoms with Crippen molar-refractivity contribution in [1.29, 1.82) is 0 Å². The summed E-state index contributed by atoms with van der Waals surface area (Å²) in [6, 6.07) is 10.2. The highest BCUT2D eigenvalue weighted by Crippen LogP contribution is 2.27. The summed E-state index contributed by atoms with van der Waals surface area (Å²) in [4.78, 5) is 23.3. The van der Waals surface area contributed by atoms with E-state index >= 15 is 0 Å². The molecule has 0 aliphatic rings. The number of nitrogens with one attached hydrogen (secondary N) is 1. The summed E-state index contributed by atoms with van der Waals surface area (Å²) in [5.74, 6) is -0.972. The number of carboxylic acid groups (broad SMARTS) is 1. The SMILES string of the molecule is CC(NC(=O)OC(C)(C)C)c1ccc(C(=O)O)c2ccccc12. The zero-order valence-corrected chi connectivity index (χ0v) is 13.7. The Morgan fingerprint density at radius 2 is 1.70 bits per heavy atom. The number of benzene rings is 2. The monoisotopic (exact) mass is 315 g/mol. The van der Waals surface area contributed by atoms with Gasteiger partial charge in [-0.05, 0) is 50.1 Å². The molecule has 1 amide bonds. The zero-order valence-electron chi connectivity index (χ0n) is 13.7. The molecule has 5 heteroatoms. The van der Waals surface area contributed by atoms with E-state index in [4.69, 9.17) is 4.74 Å². The molecule has 122 valence electrons. The van der Waals surface area contributed by atoms with Gasteiger partial charge >= 0.3 is 12.1 Å². The van der Waals surface area contributed by atoms with E-state index in [2.05, 4.69) is 5.32 Å². The summed E-state index contributed by atoms with van der Waals surface area (Å²) >= 11 is 0. The van der Waals surface area contributed by atoms with Crippen LogP contribution in [0.2, 0.25) is 0 Å². The first-order valence-corrected chi connectivity index (χ1v) is 7.43. The van der Waals surface area contributed by atoms with Gasteiger partial charge in [0.15, 0.2) is 0 Å². The fourth-order valence-corrected chi connectivity index (χ4v) is 2.45. The van der Waals surface area contributed by atoms with Crippen molar-refractivity contribution in [3.63, 3.8) is 0 Å². The summed E-state index contributed by atoms with van der Waals surface area (Å²) in [5.41, 5.74) is 0.518. The fraction of sp³-hybridized carbons (Fsp3) is 0.333. The smallest absolute Gasteiger partial charge is 0.408 e. The molecule has 0 heterocycles. The summed E-state index contributed by atoms with van der Waals surface area (Å²) < 4.78 is 5.26. The molecule has 2 aromatic carbocycles. The van der Waals surface area contributed by atoms with Crippen molar-refractivity contribution in [1.82, 2.24) is 5.32 Å².